The fourth-order valence-corrected chi connectivity index (χ4v) is 6.00. The van der Waals surface area contributed by atoms with E-state index < -0.39 is 34.8 Å². The van der Waals surface area contributed by atoms with Gasteiger partial charge in [0.1, 0.15) is 23.1 Å². The number of fused-ring (bicyclic) bond motifs is 1. The number of aromatic nitrogens is 3. The molecule has 0 spiro atoms. The molecule has 0 saturated heterocycles. The molecule has 3 N–H and O–H groups in total. The van der Waals surface area contributed by atoms with Gasteiger partial charge in [-0.05, 0) is 83.8 Å². The van der Waals surface area contributed by atoms with E-state index in [1.54, 1.807) is 44.6 Å². The number of hydrogen-bond donors (Lipinski definition) is 3. The largest absolute Gasteiger partial charge is 0.497 e. The molecular formula is C40H36F4N6O4. The second-order valence-electron chi connectivity index (χ2n) is 12.7. The van der Waals surface area contributed by atoms with E-state index in [2.05, 4.69) is 25.9 Å². The van der Waals surface area contributed by atoms with E-state index in [0.29, 0.717) is 41.3 Å². The Morgan fingerprint density at radius 1 is 0.852 bits per heavy atom. The number of hydrogen-bond acceptors (Lipinski definition) is 8. The normalized spacial score (nSPS) is 14.9. The summed E-state index contributed by atoms with van der Waals surface area (Å²) < 4.78 is 64.8. The minimum Gasteiger partial charge on any atom is -0.497 e. The number of pyridine rings is 3. The van der Waals surface area contributed by atoms with Crippen molar-refractivity contribution in [3.05, 3.63) is 148 Å². The Kier molecular flexibility index (Phi) is 11.2. The maximum absolute atomic E-state index is 15.0. The molecule has 2 amide bonds. The van der Waals surface area contributed by atoms with Crippen LogP contribution in [0.2, 0.25) is 0 Å². The maximum atomic E-state index is 15.0. The lowest BCUT2D eigenvalue weighted by molar-refractivity contribution is -0.138. The Morgan fingerprint density at radius 3 is 2.15 bits per heavy atom. The van der Waals surface area contributed by atoms with Crippen molar-refractivity contribution in [3.8, 4) is 11.5 Å². The standard InChI is InChI=1S/C40H36F4N6O4/c1-53-30-11-5-25(6-12-30)21-47-36-32(37(51)48-22-26-7-13-31(54-2)14-8-26)18-27-19-39(16-15-34(27)50-36,20-35-33(41)4-3-17-45-35)38(52)49-24-29-10-9-28(23-46-29)40(42,43)44/h3-18,23H,19-22,24H2,1-2H3,(H,47,50)(H,48,51)(H,49,52). The monoisotopic (exact) mass is 740 g/mol. The summed E-state index contributed by atoms with van der Waals surface area (Å²) in [4.78, 5) is 40.8. The summed E-state index contributed by atoms with van der Waals surface area (Å²) in [5.74, 6) is 0.111. The molecular weight excluding hydrogens is 704 g/mol. The molecule has 2 aromatic carbocycles. The second kappa shape index (κ2) is 16.1. The minimum atomic E-state index is -4.56. The molecule has 1 aliphatic rings. The number of anilines is 1. The van der Waals surface area contributed by atoms with Crippen molar-refractivity contribution in [2.45, 2.75) is 38.7 Å². The van der Waals surface area contributed by atoms with E-state index in [0.717, 1.165) is 17.2 Å². The summed E-state index contributed by atoms with van der Waals surface area (Å²) in [5, 5.41) is 8.99. The van der Waals surface area contributed by atoms with E-state index in [4.69, 9.17) is 14.5 Å². The van der Waals surface area contributed by atoms with Crippen LogP contribution >= 0.6 is 0 Å². The number of benzene rings is 2. The highest BCUT2D eigenvalue weighted by atomic mass is 19.4. The Labute approximate surface area is 308 Å². The lowest BCUT2D eigenvalue weighted by atomic mass is 9.73. The molecule has 10 nitrogen and oxygen atoms in total. The van der Waals surface area contributed by atoms with Crippen LogP contribution in [0.5, 0.6) is 11.5 Å². The Hall–Kier alpha value is -6.31. The van der Waals surface area contributed by atoms with Crippen molar-refractivity contribution in [2.24, 2.45) is 5.41 Å². The minimum absolute atomic E-state index is 0.00560. The van der Waals surface area contributed by atoms with Crippen molar-refractivity contribution in [3.63, 3.8) is 0 Å². The molecule has 14 heteroatoms. The lowest BCUT2D eigenvalue weighted by Crippen LogP contribution is -2.44. The van der Waals surface area contributed by atoms with Gasteiger partial charge in [-0.3, -0.25) is 19.6 Å². The first kappa shape index (κ1) is 37.4. The fraction of sp³-hybridized carbons (Fsp3) is 0.225. The molecule has 0 aliphatic heterocycles. The number of rotatable bonds is 13. The topological polar surface area (TPSA) is 127 Å². The fourth-order valence-electron chi connectivity index (χ4n) is 6.00. The van der Waals surface area contributed by atoms with E-state index in [1.165, 1.54) is 24.4 Å². The van der Waals surface area contributed by atoms with E-state index in [-0.39, 0.29) is 42.9 Å². The Morgan fingerprint density at radius 2 is 1.54 bits per heavy atom. The first-order chi connectivity index (χ1) is 26.0. The van der Waals surface area contributed by atoms with Gasteiger partial charge in [0, 0.05) is 31.9 Å². The van der Waals surface area contributed by atoms with Crippen LogP contribution in [0.15, 0.2) is 97.3 Å². The van der Waals surface area contributed by atoms with Crippen molar-refractivity contribution >= 4 is 23.7 Å². The van der Waals surface area contributed by atoms with Crippen LogP contribution in [0.3, 0.4) is 0 Å². The van der Waals surface area contributed by atoms with Crippen LogP contribution in [0.25, 0.3) is 6.08 Å². The van der Waals surface area contributed by atoms with Gasteiger partial charge in [0.05, 0.1) is 54.4 Å². The number of ether oxygens (including phenoxy) is 2. The molecule has 0 radical (unpaired) electrons. The highest BCUT2D eigenvalue weighted by Gasteiger charge is 2.41. The molecule has 1 atom stereocenters. The van der Waals surface area contributed by atoms with Crippen molar-refractivity contribution < 1.29 is 36.6 Å². The van der Waals surface area contributed by atoms with Gasteiger partial charge in [0.15, 0.2) is 0 Å². The summed E-state index contributed by atoms with van der Waals surface area (Å²) in [6, 6.07) is 21.1. The van der Waals surface area contributed by atoms with Gasteiger partial charge in [-0.15, -0.1) is 0 Å². The van der Waals surface area contributed by atoms with Gasteiger partial charge in [0.25, 0.3) is 5.91 Å². The molecule has 54 heavy (non-hydrogen) atoms. The molecule has 0 bridgehead atoms. The third kappa shape index (κ3) is 8.82. The molecule has 0 fully saturated rings. The molecule has 1 aliphatic carbocycles. The highest BCUT2D eigenvalue weighted by molar-refractivity contribution is 5.99. The average Bonchev–Trinajstić information content (AvgIpc) is 3.19. The summed E-state index contributed by atoms with van der Waals surface area (Å²) >= 11 is 0. The van der Waals surface area contributed by atoms with Crippen molar-refractivity contribution in [1.82, 2.24) is 25.6 Å². The zero-order valence-corrected chi connectivity index (χ0v) is 29.3. The van der Waals surface area contributed by atoms with Gasteiger partial charge >= 0.3 is 6.18 Å². The number of carbonyl (C=O) groups is 2. The quantitative estimate of drug-likeness (QED) is 0.114. The highest BCUT2D eigenvalue weighted by Crippen LogP contribution is 2.38. The van der Waals surface area contributed by atoms with Crippen LogP contribution in [0.4, 0.5) is 23.4 Å². The van der Waals surface area contributed by atoms with E-state index in [9.17, 15) is 22.8 Å². The van der Waals surface area contributed by atoms with Crippen LogP contribution in [-0.4, -0.2) is 41.0 Å². The van der Waals surface area contributed by atoms with Crippen molar-refractivity contribution in [2.75, 3.05) is 19.5 Å². The van der Waals surface area contributed by atoms with Gasteiger partial charge in [-0.2, -0.15) is 13.2 Å². The number of methoxy groups -OCH3 is 2. The van der Waals surface area contributed by atoms with Gasteiger partial charge in [-0.25, -0.2) is 9.37 Å². The van der Waals surface area contributed by atoms with Gasteiger partial charge < -0.3 is 25.4 Å². The Balaban J connectivity index is 1.31. The van der Waals surface area contributed by atoms with Crippen LogP contribution in [-0.2, 0) is 43.4 Å². The molecule has 3 heterocycles. The SMILES string of the molecule is COc1ccc(CNC(=O)c2cc3c(nc2NCc2ccc(OC)cc2)C=CC(Cc2ncccc2F)(C(=O)NCc2ccc(C(F)(F)F)cn2)C3)cc1. The number of nitrogens with zero attached hydrogens (tertiary/aromatic N) is 3. The number of halogens is 4. The summed E-state index contributed by atoms with van der Waals surface area (Å²) in [6.07, 6.45) is 0.685. The zero-order chi connectivity index (χ0) is 38.3. The van der Waals surface area contributed by atoms with E-state index in [1.807, 2.05) is 36.4 Å². The maximum Gasteiger partial charge on any atom is 0.417 e. The predicted octanol–water partition coefficient (Wildman–Crippen LogP) is 6.70. The summed E-state index contributed by atoms with van der Waals surface area (Å²) in [7, 11) is 3.15. The molecule has 0 saturated carbocycles. The van der Waals surface area contributed by atoms with Crippen LogP contribution in [0, 0.1) is 11.2 Å². The zero-order valence-electron chi connectivity index (χ0n) is 29.3. The first-order valence-electron chi connectivity index (χ1n) is 16.9. The third-order valence-electron chi connectivity index (χ3n) is 9.03. The smallest absolute Gasteiger partial charge is 0.417 e. The number of nitrogens with one attached hydrogen (secondary N) is 3. The molecule has 6 rings (SSSR count). The number of amides is 2. The van der Waals surface area contributed by atoms with Crippen LogP contribution < -0.4 is 25.4 Å². The van der Waals surface area contributed by atoms with E-state index >= 15 is 4.39 Å². The molecule has 5 aromatic rings. The molecule has 1 unspecified atom stereocenters. The number of alkyl halides is 3. The summed E-state index contributed by atoms with van der Waals surface area (Å²) in [5.41, 5.74) is 0.906. The van der Waals surface area contributed by atoms with Crippen LogP contribution in [0.1, 0.15) is 49.7 Å². The second-order valence-corrected chi connectivity index (χ2v) is 12.7. The predicted molar refractivity (Wildman–Crippen MR) is 193 cm³/mol. The summed E-state index contributed by atoms with van der Waals surface area (Å²) in [6.45, 7) is 0.359. The Bertz CT molecular complexity index is 2140. The van der Waals surface area contributed by atoms with Crippen molar-refractivity contribution in [1.29, 1.82) is 0 Å². The average molecular weight is 741 g/mol. The number of carbonyl (C=O) groups excluding carboxylic acids is 2. The van der Waals surface area contributed by atoms with Gasteiger partial charge in [0.2, 0.25) is 5.91 Å². The third-order valence-corrected chi connectivity index (χ3v) is 9.03. The lowest BCUT2D eigenvalue weighted by Gasteiger charge is -2.33. The van der Waals surface area contributed by atoms with Gasteiger partial charge in [-0.1, -0.05) is 30.3 Å². The molecule has 278 valence electrons. The first-order valence-corrected chi connectivity index (χ1v) is 16.9. The molecule has 3 aromatic heterocycles.